The fourth-order valence-electron chi connectivity index (χ4n) is 2.99. The molecule has 0 aliphatic carbocycles. The molecule has 1 atom stereocenters. The zero-order valence-corrected chi connectivity index (χ0v) is 15.1. The Hall–Kier alpha value is -2.08. The van der Waals surface area contributed by atoms with Crippen LogP contribution in [0.1, 0.15) is 24.8 Å². The number of amides is 1. The number of piperidine rings is 1. The minimum absolute atomic E-state index is 0.145. The first kappa shape index (κ1) is 17.7. The normalized spacial score (nSPS) is 17.3. The summed E-state index contributed by atoms with van der Waals surface area (Å²) in [5, 5.41) is 3.18. The molecule has 0 spiro atoms. The van der Waals surface area contributed by atoms with Crippen molar-refractivity contribution in [2.24, 2.45) is 0 Å². The molecule has 1 fully saturated rings. The summed E-state index contributed by atoms with van der Waals surface area (Å²) in [6, 6.07) is 10.6. The predicted octanol–water partition coefficient (Wildman–Crippen LogP) is 2.89. The Bertz CT molecular complexity index is 653. The average Bonchev–Trinajstić information content (AvgIpc) is 2.67. The Kier molecular flexibility index (Phi) is 6.68. The highest BCUT2D eigenvalue weighted by Crippen LogP contribution is 2.17. The van der Waals surface area contributed by atoms with Crippen LogP contribution < -0.4 is 10.2 Å². The fourth-order valence-corrected chi connectivity index (χ4v) is 3.89. The van der Waals surface area contributed by atoms with Crippen LogP contribution in [-0.2, 0) is 10.5 Å². The third-order valence-corrected chi connectivity index (χ3v) is 5.28. The number of anilines is 1. The molecule has 0 unspecified atom stereocenters. The molecular weight excluding hydrogens is 332 g/mol. The van der Waals surface area contributed by atoms with E-state index in [4.69, 9.17) is 0 Å². The van der Waals surface area contributed by atoms with Gasteiger partial charge in [-0.3, -0.25) is 9.78 Å². The minimum atomic E-state index is 0.145. The SMILES string of the molecule is O=C(CCSCc1ccccc1)N[C@@H]1CCCN(c2cnccn2)C1. The van der Waals surface area contributed by atoms with E-state index in [0.717, 1.165) is 43.3 Å². The molecule has 5 nitrogen and oxygen atoms in total. The second kappa shape index (κ2) is 9.42. The molecule has 1 saturated heterocycles. The van der Waals surface area contributed by atoms with Gasteiger partial charge in [0.2, 0.25) is 5.91 Å². The van der Waals surface area contributed by atoms with Gasteiger partial charge in [0.15, 0.2) is 0 Å². The number of hydrogen-bond donors (Lipinski definition) is 1. The van der Waals surface area contributed by atoms with Crippen molar-refractivity contribution in [2.75, 3.05) is 23.7 Å². The van der Waals surface area contributed by atoms with E-state index in [0.29, 0.717) is 6.42 Å². The maximum absolute atomic E-state index is 12.2. The van der Waals surface area contributed by atoms with Gasteiger partial charge in [-0.25, -0.2) is 4.98 Å². The van der Waals surface area contributed by atoms with E-state index in [2.05, 4.69) is 44.5 Å². The maximum Gasteiger partial charge on any atom is 0.221 e. The molecule has 3 rings (SSSR count). The summed E-state index contributed by atoms with van der Waals surface area (Å²) in [6.45, 7) is 1.78. The zero-order valence-electron chi connectivity index (χ0n) is 14.3. The summed E-state index contributed by atoms with van der Waals surface area (Å²) in [4.78, 5) is 22.9. The topological polar surface area (TPSA) is 58.1 Å². The van der Waals surface area contributed by atoms with Crippen LogP contribution in [0.25, 0.3) is 0 Å². The third kappa shape index (κ3) is 5.74. The van der Waals surface area contributed by atoms with Crippen molar-refractivity contribution in [2.45, 2.75) is 31.1 Å². The van der Waals surface area contributed by atoms with Crippen molar-refractivity contribution in [3.05, 3.63) is 54.5 Å². The molecule has 1 aromatic carbocycles. The Morgan fingerprint density at radius 3 is 2.96 bits per heavy atom. The van der Waals surface area contributed by atoms with Crippen molar-refractivity contribution in [1.82, 2.24) is 15.3 Å². The Labute approximate surface area is 153 Å². The van der Waals surface area contributed by atoms with Crippen LogP contribution >= 0.6 is 11.8 Å². The van der Waals surface area contributed by atoms with E-state index in [-0.39, 0.29) is 11.9 Å². The molecule has 2 aromatic rings. The molecule has 1 aliphatic rings. The molecule has 0 bridgehead atoms. The van der Waals surface area contributed by atoms with Crippen molar-refractivity contribution in [3.8, 4) is 0 Å². The number of aromatic nitrogens is 2. The monoisotopic (exact) mass is 356 g/mol. The Morgan fingerprint density at radius 1 is 1.28 bits per heavy atom. The summed E-state index contributed by atoms with van der Waals surface area (Å²) in [5.74, 6) is 2.84. The molecule has 1 aromatic heterocycles. The summed E-state index contributed by atoms with van der Waals surface area (Å²) in [7, 11) is 0. The van der Waals surface area contributed by atoms with Crippen LogP contribution in [0.3, 0.4) is 0 Å². The number of nitrogens with one attached hydrogen (secondary N) is 1. The average molecular weight is 356 g/mol. The van der Waals surface area contributed by atoms with Gasteiger partial charge in [-0.15, -0.1) is 0 Å². The van der Waals surface area contributed by atoms with Crippen LogP contribution in [-0.4, -0.2) is 40.8 Å². The van der Waals surface area contributed by atoms with Crippen molar-refractivity contribution in [1.29, 1.82) is 0 Å². The first-order valence-electron chi connectivity index (χ1n) is 8.73. The first-order valence-corrected chi connectivity index (χ1v) is 9.89. The summed E-state index contributed by atoms with van der Waals surface area (Å²) in [6.07, 6.45) is 7.83. The van der Waals surface area contributed by atoms with Gasteiger partial charge in [-0.1, -0.05) is 30.3 Å². The lowest BCUT2D eigenvalue weighted by atomic mass is 10.1. The van der Waals surface area contributed by atoms with Crippen LogP contribution in [0.2, 0.25) is 0 Å². The van der Waals surface area contributed by atoms with Crippen molar-refractivity contribution in [3.63, 3.8) is 0 Å². The molecule has 132 valence electrons. The van der Waals surface area contributed by atoms with Gasteiger partial charge >= 0.3 is 0 Å². The van der Waals surface area contributed by atoms with Gasteiger partial charge in [0.05, 0.1) is 6.20 Å². The molecule has 2 heterocycles. The van der Waals surface area contributed by atoms with Crippen molar-refractivity contribution >= 4 is 23.5 Å². The molecule has 1 amide bonds. The van der Waals surface area contributed by atoms with Crippen LogP contribution in [0.4, 0.5) is 5.82 Å². The number of rotatable bonds is 7. The van der Waals surface area contributed by atoms with Gasteiger partial charge in [-0.2, -0.15) is 11.8 Å². The van der Waals surface area contributed by atoms with Crippen LogP contribution in [0, 0.1) is 0 Å². The zero-order chi connectivity index (χ0) is 17.3. The molecule has 1 N–H and O–H groups in total. The van der Waals surface area contributed by atoms with E-state index >= 15 is 0 Å². The number of thioether (sulfide) groups is 1. The van der Waals surface area contributed by atoms with E-state index < -0.39 is 0 Å². The highest BCUT2D eigenvalue weighted by molar-refractivity contribution is 7.98. The number of carbonyl (C=O) groups is 1. The Balaban J connectivity index is 1.37. The van der Waals surface area contributed by atoms with Gasteiger partial charge < -0.3 is 10.2 Å². The predicted molar refractivity (Wildman–Crippen MR) is 103 cm³/mol. The van der Waals surface area contributed by atoms with Gasteiger partial charge in [0.1, 0.15) is 5.82 Å². The second-order valence-electron chi connectivity index (χ2n) is 6.20. The Morgan fingerprint density at radius 2 is 2.16 bits per heavy atom. The lowest BCUT2D eigenvalue weighted by Gasteiger charge is -2.33. The maximum atomic E-state index is 12.2. The molecular formula is C19H24N4OS. The van der Waals surface area contributed by atoms with Crippen molar-refractivity contribution < 1.29 is 4.79 Å². The lowest BCUT2D eigenvalue weighted by molar-refractivity contribution is -0.121. The minimum Gasteiger partial charge on any atom is -0.353 e. The summed E-state index contributed by atoms with van der Waals surface area (Å²) in [5.41, 5.74) is 1.31. The second-order valence-corrected chi connectivity index (χ2v) is 7.31. The highest BCUT2D eigenvalue weighted by atomic mass is 32.2. The number of benzene rings is 1. The summed E-state index contributed by atoms with van der Waals surface area (Å²) < 4.78 is 0. The number of hydrogen-bond acceptors (Lipinski definition) is 5. The van der Waals surface area contributed by atoms with E-state index in [1.165, 1.54) is 5.56 Å². The molecule has 0 radical (unpaired) electrons. The molecule has 6 heteroatoms. The van der Waals surface area contributed by atoms with Crippen LogP contribution in [0.5, 0.6) is 0 Å². The molecule has 25 heavy (non-hydrogen) atoms. The molecule has 0 saturated carbocycles. The highest BCUT2D eigenvalue weighted by Gasteiger charge is 2.22. The van der Waals surface area contributed by atoms with E-state index in [9.17, 15) is 4.79 Å². The quantitative estimate of drug-likeness (QED) is 0.773. The van der Waals surface area contributed by atoms with Gasteiger partial charge in [0.25, 0.3) is 0 Å². The number of carbonyl (C=O) groups excluding carboxylic acids is 1. The van der Waals surface area contributed by atoms with E-state index in [1.54, 1.807) is 30.4 Å². The first-order chi connectivity index (χ1) is 12.3. The van der Waals surface area contributed by atoms with E-state index in [1.807, 2.05) is 6.07 Å². The standard InChI is InChI=1S/C19H24N4OS/c24-19(8-12-25-15-16-5-2-1-3-6-16)22-17-7-4-11-23(14-17)18-13-20-9-10-21-18/h1-3,5-6,9-10,13,17H,4,7-8,11-12,14-15H2,(H,22,24)/t17-/m1/s1. The fraction of sp³-hybridized carbons (Fsp3) is 0.421. The molecule has 1 aliphatic heterocycles. The smallest absolute Gasteiger partial charge is 0.221 e. The largest absolute Gasteiger partial charge is 0.353 e. The summed E-state index contributed by atoms with van der Waals surface area (Å²) >= 11 is 1.80. The third-order valence-electron chi connectivity index (χ3n) is 4.25. The van der Waals surface area contributed by atoms with Crippen LogP contribution in [0.15, 0.2) is 48.9 Å². The van der Waals surface area contributed by atoms with Gasteiger partial charge in [0, 0.05) is 49.5 Å². The lowest BCUT2D eigenvalue weighted by Crippen LogP contribution is -2.48. The van der Waals surface area contributed by atoms with Gasteiger partial charge in [-0.05, 0) is 18.4 Å². The number of nitrogens with zero attached hydrogens (tertiary/aromatic N) is 3.